The third-order valence-electron chi connectivity index (χ3n) is 4.07. The van der Waals surface area contributed by atoms with Gasteiger partial charge in [-0.25, -0.2) is 0 Å². The lowest BCUT2D eigenvalue weighted by molar-refractivity contribution is -0.313. The number of rotatable bonds is 5. The molecule has 6 heteroatoms. The highest BCUT2D eigenvalue weighted by molar-refractivity contribution is 5.96. The summed E-state index contributed by atoms with van der Waals surface area (Å²) < 4.78 is 10.3. The molecule has 0 radical (unpaired) electrons. The first-order valence-corrected chi connectivity index (χ1v) is 7.30. The number of anilines is 1. The van der Waals surface area contributed by atoms with Crippen molar-refractivity contribution in [3.63, 3.8) is 0 Å². The Kier molecular flexibility index (Phi) is 5.25. The molecule has 1 aliphatic rings. The molecule has 1 fully saturated rings. The second kappa shape index (κ2) is 7.15. The number of amides is 1. The zero-order chi connectivity index (χ0) is 16.1. The summed E-state index contributed by atoms with van der Waals surface area (Å²) in [4.78, 5) is 23.7. The monoisotopic (exact) mass is 306 g/mol. The second-order valence-electron chi connectivity index (χ2n) is 5.37. The number of nitrogens with one attached hydrogen (secondary N) is 1. The maximum Gasteiger partial charge on any atom is 0.228 e. The lowest BCUT2D eigenvalue weighted by Gasteiger charge is -2.31. The van der Waals surface area contributed by atoms with Crippen molar-refractivity contribution in [2.75, 3.05) is 19.5 Å². The van der Waals surface area contributed by atoms with Crippen LogP contribution in [0.5, 0.6) is 11.5 Å². The number of ether oxygens (including phenoxy) is 2. The van der Waals surface area contributed by atoms with Gasteiger partial charge in [-0.3, -0.25) is 4.79 Å². The van der Waals surface area contributed by atoms with Crippen LogP contribution in [0.4, 0.5) is 5.69 Å². The van der Waals surface area contributed by atoms with Crippen LogP contribution >= 0.6 is 0 Å². The Hall–Kier alpha value is -2.24. The average Bonchev–Trinajstić information content (AvgIpc) is 2.54. The molecule has 0 spiro atoms. The molecule has 1 amide bonds. The van der Waals surface area contributed by atoms with Crippen LogP contribution in [0.1, 0.15) is 25.7 Å². The molecule has 0 saturated heterocycles. The van der Waals surface area contributed by atoms with Gasteiger partial charge in [0.2, 0.25) is 5.91 Å². The third-order valence-corrected chi connectivity index (χ3v) is 4.07. The standard InChI is InChI=1S/C16H21NO5/c1-21-10-7-8-14(22-2)13(9-10)17-15(18)11-5-3-4-6-12(11)16(19)20/h7-9,11-12H,3-6H2,1-2H3,(H,17,18)(H,19,20)/p-1/t11-,12-/m1/s1. The summed E-state index contributed by atoms with van der Waals surface area (Å²) >= 11 is 0. The maximum atomic E-state index is 12.5. The number of aliphatic carboxylic acids is 1. The summed E-state index contributed by atoms with van der Waals surface area (Å²) in [6.07, 6.45) is 2.69. The molecule has 1 aromatic rings. The molecule has 1 aliphatic carbocycles. The van der Waals surface area contributed by atoms with Gasteiger partial charge >= 0.3 is 0 Å². The summed E-state index contributed by atoms with van der Waals surface area (Å²) in [6, 6.07) is 5.05. The Bertz CT molecular complexity index is 557. The van der Waals surface area contributed by atoms with E-state index in [1.165, 1.54) is 14.2 Å². The van der Waals surface area contributed by atoms with Gasteiger partial charge in [0.1, 0.15) is 11.5 Å². The molecule has 0 aliphatic heterocycles. The highest BCUT2D eigenvalue weighted by atomic mass is 16.5. The van der Waals surface area contributed by atoms with Crippen molar-refractivity contribution in [3.05, 3.63) is 18.2 Å². The van der Waals surface area contributed by atoms with E-state index >= 15 is 0 Å². The fourth-order valence-corrected chi connectivity index (χ4v) is 2.86. The van der Waals surface area contributed by atoms with Crippen molar-refractivity contribution in [1.82, 2.24) is 0 Å². The van der Waals surface area contributed by atoms with Crippen LogP contribution < -0.4 is 19.9 Å². The Morgan fingerprint density at radius 3 is 2.41 bits per heavy atom. The number of hydrogen-bond donors (Lipinski definition) is 1. The molecule has 120 valence electrons. The number of carboxylic acid groups (broad SMARTS) is 1. The fraction of sp³-hybridized carbons (Fsp3) is 0.500. The molecule has 1 N–H and O–H groups in total. The van der Waals surface area contributed by atoms with E-state index in [1.54, 1.807) is 18.2 Å². The first kappa shape index (κ1) is 16.1. The van der Waals surface area contributed by atoms with Gasteiger partial charge in [0.25, 0.3) is 0 Å². The maximum absolute atomic E-state index is 12.5. The predicted molar refractivity (Wildman–Crippen MR) is 78.6 cm³/mol. The highest BCUT2D eigenvalue weighted by Gasteiger charge is 2.32. The Labute approximate surface area is 129 Å². The summed E-state index contributed by atoms with van der Waals surface area (Å²) in [5, 5.41) is 14.0. The molecule has 0 bridgehead atoms. The van der Waals surface area contributed by atoms with Gasteiger partial charge < -0.3 is 24.7 Å². The zero-order valence-electron chi connectivity index (χ0n) is 12.8. The number of carbonyl (C=O) groups is 2. The van der Waals surface area contributed by atoms with Crippen molar-refractivity contribution >= 4 is 17.6 Å². The van der Waals surface area contributed by atoms with Crippen molar-refractivity contribution < 1.29 is 24.2 Å². The summed E-state index contributed by atoms with van der Waals surface area (Å²) in [7, 11) is 3.03. The molecular formula is C16H20NO5-. The van der Waals surface area contributed by atoms with Crippen molar-refractivity contribution in [3.8, 4) is 11.5 Å². The number of carbonyl (C=O) groups excluding carboxylic acids is 2. The van der Waals surface area contributed by atoms with E-state index in [2.05, 4.69) is 5.32 Å². The van der Waals surface area contributed by atoms with Crippen LogP contribution in [-0.2, 0) is 9.59 Å². The third kappa shape index (κ3) is 3.50. The second-order valence-corrected chi connectivity index (χ2v) is 5.37. The molecule has 0 unspecified atom stereocenters. The first-order valence-electron chi connectivity index (χ1n) is 7.30. The number of hydrogen-bond acceptors (Lipinski definition) is 5. The minimum Gasteiger partial charge on any atom is -0.550 e. The van der Waals surface area contributed by atoms with Crippen LogP contribution in [0.3, 0.4) is 0 Å². The van der Waals surface area contributed by atoms with Crippen molar-refractivity contribution in [1.29, 1.82) is 0 Å². The molecule has 1 saturated carbocycles. The summed E-state index contributed by atoms with van der Waals surface area (Å²) in [6.45, 7) is 0. The van der Waals surface area contributed by atoms with Crippen LogP contribution in [0, 0.1) is 11.8 Å². The van der Waals surface area contributed by atoms with Gasteiger partial charge in [-0.2, -0.15) is 0 Å². The lowest BCUT2D eigenvalue weighted by Crippen LogP contribution is -2.42. The van der Waals surface area contributed by atoms with Crippen molar-refractivity contribution in [2.45, 2.75) is 25.7 Å². The highest BCUT2D eigenvalue weighted by Crippen LogP contribution is 2.33. The van der Waals surface area contributed by atoms with Gasteiger partial charge in [0, 0.05) is 23.9 Å². The first-order chi connectivity index (χ1) is 10.6. The zero-order valence-corrected chi connectivity index (χ0v) is 12.8. The molecule has 22 heavy (non-hydrogen) atoms. The summed E-state index contributed by atoms with van der Waals surface area (Å²) in [5.74, 6) is -1.70. The van der Waals surface area contributed by atoms with E-state index in [0.29, 0.717) is 30.0 Å². The molecule has 1 aromatic carbocycles. The minimum atomic E-state index is -1.16. The smallest absolute Gasteiger partial charge is 0.228 e. The predicted octanol–water partition coefficient (Wildman–Crippen LogP) is 1.20. The van der Waals surface area contributed by atoms with E-state index in [0.717, 1.165) is 12.8 Å². The molecule has 6 nitrogen and oxygen atoms in total. The van der Waals surface area contributed by atoms with E-state index in [4.69, 9.17) is 9.47 Å². The molecule has 2 rings (SSSR count). The quantitative estimate of drug-likeness (QED) is 0.883. The largest absolute Gasteiger partial charge is 0.550 e. The van der Waals surface area contributed by atoms with E-state index in [9.17, 15) is 14.7 Å². The normalized spacial score (nSPS) is 21.0. The van der Waals surface area contributed by atoms with Gasteiger partial charge in [0.15, 0.2) is 0 Å². The SMILES string of the molecule is COc1ccc(OC)c(NC(=O)[C@@H]2CCCC[C@H]2C(=O)[O-])c1. The lowest BCUT2D eigenvalue weighted by atomic mass is 9.78. The number of methoxy groups -OCH3 is 2. The molecule has 0 aromatic heterocycles. The van der Waals surface area contributed by atoms with Crippen LogP contribution in [-0.4, -0.2) is 26.1 Å². The van der Waals surface area contributed by atoms with Gasteiger partial charge in [-0.1, -0.05) is 12.8 Å². The Morgan fingerprint density at radius 1 is 1.14 bits per heavy atom. The number of carboxylic acids is 1. The van der Waals surface area contributed by atoms with Gasteiger partial charge in [-0.15, -0.1) is 0 Å². The van der Waals surface area contributed by atoms with Crippen LogP contribution in [0.2, 0.25) is 0 Å². The van der Waals surface area contributed by atoms with Crippen LogP contribution in [0.15, 0.2) is 18.2 Å². The Morgan fingerprint density at radius 2 is 1.82 bits per heavy atom. The summed E-state index contributed by atoms with van der Waals surface area (Å²) in [5.41, 5.74) is 0.467. The molecular weight excluding hydrogens is 286 g/mol. The average molecular weight is 306 g/mol. The van der Waals surface area contributed by atoms with Gasteiger partial charge in [-0.05, 0) is 25.0 Å². The van der Waals surface area contributed by atoms with E-state index < -0.39 is 17.8 Å². The topological polar surface area (TPSA) is 87.7 Å². The molecule has 2 atom stereocenters. The van der Waals surface area contributed by atoms with Crippen molar-refractivity contribution in [2.24, 2.45) is 11.8 Å². The van der Waals surface area contributed by atoms with Crippen LogP contribution in [0.25, 0.3) is 0 Å². The minimum absolute atomic E-state index is 0.319. The fourth-order valence-electron chi connectivity index (χ4n) is 2.86. The van der Waals surface area contributed by atoms with E-state index in [1.807, 2.05) is 0 Å². The van der Waals surface area contributed by atoms with E-state index in [-0.39, 0.29) is 5.91 Å². The molecule has 0 heterocycles. The van der Waals surface area contributed by atoms with Gasteiger partial charge in [0.05, 0.1) is 19.9 Å². The Balaban J connectivity index is 2.18. The number of benzene rings is 1.